The maximum atomic E-state index is 4.51. The Labute approximate surface area is 99.7 Å². The fourth-order valence-corrected chi connectivity index (χ4v) is 2.31. The number of hydrogen-bond donors (Lipinski definition) is 0. The molecule has 90 valence electrons. The molecule has 0 N–H and O–H groups in total. The molecule has 2 heterocycles. The van der Waals surface area contributed by atoms with Crippen molar-refractivity contribution in [3.8, 4) is 0 Å². The molecule has 1 aromatic rings. The van der Waals surface area contributed by atoms with Crippen molar-refractivity contribution in [2.24, 2.45) is 0 Å². The van der Waals surface area contributed by atoms with Crippen LogP contribution in [-0.4, -0.2) is 17.6 Å². The van der Waals surface area contributed by atoms with Crippen LogP contribution >= 0.6 is 0 Å². The van der Waals surface area contributed by atoms with Crippen LogP contribution in [0.5, 0.6) is 0 Å². The first-order valence-electron chi connectivity index (χ1n) is 6.45. The first-order valence-corrected chi connectivity index (χ1v) is 6.45. The van der Waals surface area contributed by atoms with Crippen molar-refractivity contribution >= 4 is 5.82 Å². The standard InChI is InChI=1S/C12H18N2.C2H6/c1-4-14-10(3)5-6-11-9(2)7-8-13-12(11)14;1-2/h7-8,10H,4-6H2,1-3H3;1-2H3. The van der Waals surface area contributed by atoms with E-state index in [1.54, 1.807) is 0 Å². The van der Waals surface area contributed by atoms with Gasteiger partial charge < -0.3 is 4.90 Å². The predicted molar refractivity (Wildman–Crippen MR) is 71.1 cm³/mol. The second-order valence-corrected chi connectivity index (χ2v) is 4.10. The van der Waals surface area contributed by atoms with Crippen molar-refractivity contribution < 1.29 is 0 Å². The highest BCUT2D eigenvalue weighted by molar-refractivity contribution is 5.53. The Bertz CT molecular complexity index is 334. The Kier molecular flexibility index (Phi) is 4.78. The minimum atomic E-state index is 0.641. The van der Waals surface area contributed by atoms with Gasteiger partial charge in [-0.25, -0.2) is 4.98 Å². The van der Waals surface area contributed by atoms with E-state index in [1.165, 1.54) is 29.8 Å². The molecule has 1 aromatic heterocycles. The van der Waals surface area contributed by atoms with E-state index >= 15 is 0 Å². The molecule has 0 aliphatic carbocycles. The molecule has 1 unspecified atom stereocenters. The van der Waals surface area contributed by atoms with E-state index in [9.17, 15) is 0 Å². The number of pyridine rings is 1. The summed E-state index contributed by atoms with van der Waals surface area (Å²) in [5.74, 6) is 1.21. The summed E-state index contributed by atoms with van der Waals surface area (Å²) >= 11 is 0. The molecule has 1 aliphatic heterocycles. The van der Waals surface area contributed by atoms with Gasteiger partial charge in [0.15, 0.2) is 0 Å². The van der Waals surface area contributed by atoms with Crippen molar-refractivity contribution in [1.82, 2.24) is 4.98 Å². The van der Waals surface area contributed by atoms with E-state index in [0.29, 0.717) is 6.04 Å². The molecule has 16 heavy (non-hydrogen) atoms. The van der Waals surface area contributed by atoms with Gasteiger partial charge >= 0.3 is 0 Å². The zero-order valence-corrected chi connectivity index (χ0v) is 11.2. The Balaban J connectivity index is 0.000000606. The van der Waals surface area contributed by atoms with Gasteiger partial charge in [0.25, 0.3) is 0 Å². The third kappa shape index (κ3) is 2.37. The van der Waals surface area contributed by atoms with Gasteiger partial charge in [0, 0.05) is 18.8 Å². The van der Waals surface area contributed by atoms with Crippen LogP contribution in [0.4, 0.5) is 5.82 Å². The highest BCUT2D eigenvalue weighted by Crippen LogP contribution is 2.29. The van der Waals surface area contributed by atoms with Crippen molar-refractivity contribution in [2.75, 3.05) is 11.4 Å². The minimum absolute atomic E-state index is 0.641. The molecule has 0 aromatic carbocycles. The molecule has 0 radical (unpaired) electrons. The normalized spacial score (nSPS) is 18.6. The fraction of sp³-hybridized carbons (Fsp3) is 0.643. The molecule has 0 saturated heterocycles. The first kappa shape index (κ1) is 13.0. The van der Waals surface area contributed by atoms with Gasteiger partial charge in [-0.1, -0.05) is 13.8 Å². The second-order valence-electron chi connectivity index (χ2n) is 4.10. The fourth-order valence-electron chi connectivity index (χ4n) is 2.31. The van der Waals surface area contributed by atoms with Gasteiger partial charge in [-0.05, 0) is 50.8 Å². The maximum absolute atomic E-state index is 4.51. The Hall–Kier alpha value is -1.05. The number of fused-ring (bicyclic) bond motifs is 1. The summed E-state index contributed by atoms with van der Waals surface area (Å²) in [6.07, 6.45) is 4.37. The average Bonchev–Trinajstić information content (AvgIpc) is 2.32. The Morgan fingerprint density at radius 3 is 2.75 bits per heavy atom. The Morgan fingerprint density at radius 1 is 1.44 bits per heavy atom. The van der Waals surface area contributed by atoms with Gasteiger partial charge in [-0.15, -0.1) is 0 Å². The molecule has 2 heteroatoms. The van der Waals surface area contributed by atoms with Crippen LogP contribution in [0.2, 0.25) is 0 Å². The molecule has 0 fully saturated rings. The lowest BCUT2D eigenvalue weighted by molar-refractivity contribution is 0.563. The molecule has 0 saturated carbocycles. The molecule has 0 bridgehead atoms. The van der Waals surface area contributed by atoms with Gasteiger partial charge in [0.05, 0.1) is 0 Å². The van der Waals surface area contributed by atoms with Crippen LogP contribution in [-0.2, 0) is 6.42 Å². The number of hydrogen-bond acceptors (Lipinski definition) is 2. The van der Waals surface area contributed by atoms with Crippen molar-refractivity contribution in [1.29, 1.82) is 0 Å². The van der Waals surface area contributed by atoms with E-state index < -0.39 is 0 Å². The minimum Gasteiger partial charge on any atom is -0.354 e. The molecular weight excluding hydrogens is 196 g/mol. The summed E-state index contributed by atoms with van der Waals surface area (Å²) in [4.78, 5) is 6.92. The van der Waals surface area contributed by atoms with Gasteiger partial charge in [-0.2, -0.15) is 0 Å². The molecule has 0 spiro atoms. The largest absolute Gasteiger partial charge is 0.354 e. The van der Waals surface area contributed by atoms with Crippen LogP contribution in [0.1, 0.15) is 45.2 Å². The summed E-state index contributed by atoms with van der Waals surface area (Å²) < 4.78 is 0. The average molecular weight is 220 g/mol. The van der Waals surface area contributed by atoms with Gasteiger partial charge in [-0.3, -0.25) is 0 Å². The molecule has 1 atom stereocenters. The second kappa shape index (κ2) is 5.88. The summed E-state index contributed by atoms with van der Waals surface area (Å²) in [6.45, 7) is 11.7. The Morgan fingerprint density at radius 2 is 2.12 bits per heavy atom. The summed E-state index contributed by atoms with van der Waals surface area (Å²) in [5, 5.41) is 0. The number of aromatic nitrogens is 1. The lowest BCUT2D eigenvalue weighted by Gasteiger charge is -2.35. The number of anilines is 1. The zero-order chi connectivity index (χ0) is 12.1. The van der Waals surface area contributed by atoms with Crippen LogP contribution in [0.15, 0.2) is 12.3 Å². The van der Waals surface area contributed by atoms with Crippen molar-refractivity contribution in [3.63, 3.8) is 0 Å². The first-order chi connectivity index (χ1) is 7.74. The summed E-state index contributed by atoms with van der Waals surface area (Å²) in [5.41, 5.74) is 2.84. The lowest BCUT2D eigenvalue weighted by atomic mass is 9.96. The van der Waals surface area contributed by atoms with Crippen molar-refractivity contribution in [3.05, 3.63) is 23.4 Å². The molecule has 0 amide bonds. The smallest absolute Gasteiger partial charge is 0.132 e. The van der Waals surface area contributed by atoms with E-state index in [-0.39, 0.29) is 0 Å². The van der Waals surface area contributed by atoms with Crippen molar-refractivity contribution in [2.45, 2.75) is 53.5 Å². The molecule has 1 aliphatic rings. The van der Waals surface area contributed by atoms with Gasteiger partial charge in [0.2, 0.25) is 0 Å². The molecule has 2 rings (SSSR count). The highest BCUT2D eigenvalue weighted by atomic mass is 15.2. The third-order valence-electron chi connectivity index (χ3n) is 3.22. The quantitative estimate of drug-likeness (QED) is 0.719. The van der Waals surface area contributed by atoms with E-state index in [0.717, 1.165) is 6.54 Å². The SMILES string of the molecule is CC.CCN1c2nccc(C)c2CCC1C. The maximum Gasteiger partial charge on any atom is 0.132 e. The summed E-state index contributed by atoms with van der Waals surface area (Å²) in [6, 6.07) is 2.75. The number of nitrogens with zero attached hydrogens (tertiary/aromatic N) is 2. The van der Waals surface area contributed by atoms with E-state index in [1.807, 2.05) is 20.0 Å². The van der Waals surface area contributed by atoms with Crippen LogP contribution in [0.25, 0.3) is 0 Å². The summed E-state index contributed by atoms with van der Waals surface area (Å²) in [7, 11) is 0. The lowest BCUT2D eigenvalue weighted by Crippen LogP contribution is -2.38. The molecular formula is C14H24N2. The van der Waals surface area contributed by atoms with Crippen LogP contribution < -0.4 is 4.90 Å². The van der Waals surface area contributed by atoms with Gasteiger partial charge in [0.1, 0.15) is 5.82 Å². The predicted octanol–water partition coefficient (Wildman–Crippen LogP) is 3.58. The number of rotatable bonds is 1. The van der Waals surface area contributed by atoms with Crippen LogP contribution in [0.3, 0.4) is 0 Å². The van der Waals surface area contributed by atoms with E-state index in [4.69, 9.17) is 0 Å². The van der Waals surface area contributed by atoms with E-state index in [2.05, 4.69) is 36.7 Å². The zero-order valence-electron chi connectivity index (χ0n) is 11.2. The highest BCUT2D eigenvalue weighted by Gasteiger charge is 2.23. The number of aryl methyl sites for hydroxylation is 1. The third-order valence-corrected chi connectivity index (χ3v) is 3.22. The molecule has 2 nitrogen and oxygen atoms in total. The van der Waals surface area contributed by atoms with Crippen LogP contribution in [0, 0.1) is 6.92 Å². The topological polar surface area (TPSA) is 16.1 Å². The monoisotopic (exact) mass is 220 g/mol.